The number of imidazole rings is 1. The molecule has 0 unspecified atom stereocenters. The number of aryl methyl sites for hydroxylation is 5. The Balaban J connectivity index is 2.15. The fraction of sp³-hybridized carbons (Fsp3) is 0.333. The number of hydrogen-bond donors (Lipinski definition) is 1. The van der Waals surface area contributed by atoms with Gasteiger partial charge >= 0.3 is 0 Å². The number of hydrogen-bond acceptors (Lipinski definition) is 2. The van der Waals surface area contributed by atoms with Gasteiger partial charge < -0.3 is 4.98 Å². The average Bonchev–Trinajstić information content (AvgIpc) is 2.71. The third-order valence-electron chi connectivity index (χ3n) is 3.19. The van der Waals surface area contributed by atoms with Crippen LogP contribution in [0.4, 0.5) is 0 Å². The lowest BCUT2D eigenvalue weighted by Crippen LogP contribution is -1.98. The molecule has 0 radical (unpaired) electrons. The summed E-state index contributed by atoms with van der Waals surface area (Å²) in [6.45, 7) is 6.09. The molecular weight excluding hydrogens is 224 g/mol. The Morgan fingerprint density at radius 2 is 2.00 bits per heavy atom. The summed E-state index contributed by atoms with van der Waals surface area (Å²) >= 11 is 0. The maximum atomic E-state index is 10.9. The molecule has 0 amide bonds. The second kappa shape index (κ2) is 5.17. The molecule has 0 atom stereocenters. The van der Waals surface area contributed by atoms with Crippen molar-refractivity contribution in [3.05, 3.63) is 52.1 Å². The van der Waals surface area contributed by atoms with Gasteiger partial charge in [0.2, 0.25) is 0 Å². The van der Waals surface area contributed by atoms with Gasteiger partial charge in [-0.15, -0.1) is 0 Å². The number of aromatic amines is 1. The van der Waals surface area contributed by atoms with Crippen LogP contribution in [0.2, 0.25) is 0 Å². The fourth-order valence-corrected chi connectivity index (χ4v) is 2.18. The molecule has 1 heterocycles. The van der Waals surface area contributed by atoms with Crippen LogP contribution in [-0.4, -0.2) is 16.3 Å². The van der Waals surface area contributed by atoms with Crippen molar-refractivity contribution in [2.75, 3.05) is 0 Å². The van der Waals surface area contributed by atoms with Crippen LogP contribution < -0.4 is 0 Å². The zero-order chi connectivity index (χ0) is 13.1. The van der Waals surface area contributed by atoms with E-state index in [0.717, 1.165) is 30.6 Å². The lowest BCUT2D eigenvalue weighted by atomic mass is 10.0. The Hall–Kier alpha value is -1.90. The highest BCUT2D eigenvalue weighted by atomic mass is 16.1. The van der Waals surface area contributed by atoms with E-state index in [2.05, 4.69) is 42.0 Å². The van der Waals surface area contributed by atoms with Gasteiger partial charge in [-0.05, 0) is 44.7 Å². The van der Waals surface area contributed by atoms with E-state index in [1.54, 1.807) is 0 Å². The van der Waals surface area contributed by atoms with E-state index < -0.39 is 0 Å². The minimum Gasteiger partial charge on any atom is -0.345 e. The summed E-state index contributed by atoms with van der Waals surface area (Å²) in [6, 6.07) is 6.47. The smallest absolute Gasteiger partial charge is 0.170 e. The highest BCUT2D eigenvalue weighted by molar-refractivity contribution is 5.73. The van der Waals surface area contributed by atoms with Crippen LogP contribution in [0.25, 0.3) is 0 Å². The number of aromatic nitrogens is 2. The topological polar surface area (TPSA) is 45.8 Å². The molecule has 0 aliphatic heterocycles. The number of nitrogens with zero attached hydrogens (tertiary/aromatic N) is 1. The summed E-state index contributed by atoms with van der Waals surface area (Å²) in [5, 5.41) is 0. The van der Waals surface area contributed by atoms with Gasteiger partial charge in [0.15, 0.2) is 6.29 Å². The molecule has 0 saturated carbocycles. The van der Waals surface area contributed by atoms with Crippen molar-refractivity contribution in [2.24, 2.45) is 0 Å². The predicted octanol–water partition coefficient (Wildman–Crippen LogP) is 2.93. The first kappa shape index (κ1) is 12.6. The van der Waals surface area contributed by atoms with Crippen molar-refractivity contribution in [1.29, 1.82) is 0 Å². The van der Waals surface area contributed by atoms with Gasteiger partial charge in [-0.3, -0.25) is 4.79 Å². The lowest BCUT2D eigenvalue weighted by molar-refractivity contribution is 0.111. The molecule has 1 aromatic heterocycles. The minimum atomic E-state index is 0.540. The van der Waals surface area contributed by atoms with E-state index in [1.807, 2.05) is 6.92 Å². The van der Waals surface area contributed by atoms with E-state index in [9.17, 15) is 4.79 Å². The first-order valence-electron chi connectivity index (χ1n) is 6.17. The monoisotopic (exact) mass is 242 g/mol. The third kappa shape index (κ3) is 2.67. The zero-order valence-electron chi connectivity index (χ0n) is 11.1. The van der Waals surface area contributed by atoms with E-state index >= 15 is 0 Å². The summed E-state index contributed by atoms with van der Waals surface area (Å²) in [4.78, 5) is 18.2. The molecule has 0 aliphatic rings. The van der Waals surface area contributed by atoms with Crippen LogP contribution in [0.1, 0.15) is 38.7 Å². The van der Waals surface area contributed by atoms with Gasteiger partial charge in [0.1, 0.15) is 11.5 Å². The van der Waals surface area contributed by atoms with Gasteiger partial charge in [-0.1, -0.05) is 23.8 Å². The number of rotatable bonds is 4. The third-order valence-corrected chi connectivity index (χ3v) is 3.19. The normalized spacial score (nSPS) is 10.6. The Morgan fingerprint density at radius 3 is 2.72 bits per heavy atom. The van der Waals surface area contributed by atoms with Gasteiger partial charge in [0.05, 0.1) is 0 Å². The Morgan fingerprint density at radius 1 is 1.22 bits per heavy atom. The van der Waals surface area contributed by atoms with Crippen LogP contribution in [-0.2, 0) is 12.8 Å². The van der Waals surface area contributed by atoms with Crippen LogP contribution in [0.3, 0.4) is 0 Å². The quantitative estimate of drug-likeness (QED) is 0.838. The van der Waals surface area contributed by atoms with Crippen LogP contribution in [0.15, 0.2) is 18.2 Å². The SMILES string of the molecule is Cc1ccc(C)c(CCc2[nH]c(C)nc2C=O)c1. The molecule has 2 aromatic rings. The molecule has 0 aliphatic carbocycles. The molecule has 2 rings (SSSR count). The van der Waals surface area contributed by atoms with E-state index in [1.165, 1.54) is 16.7 Å². The molecule has 1 aromatic carbocycles. The van der Waals surface area contributed by atoms with Crippen molar-refractivity contribution in [1.82, 2.24) is 9.97 Å². The van der Waals surface area contributed by atoms with Gasteiger partial charge in [0, 0.05) is 5.69 Å². The molecule has 0 saturated heterocycles. The molecule has 0 bridgehead atoms. The maximum Gasteiger partial charge on any atom is 0.170 e. The Bertz CT molecular complexity index is 570. The summed E-state index contributed by atoms with van der Waals surface area (Å²) < 4.78 is 0. The molecule has 3 heteroatoms. The van der Waals surface area contributed by atoms with Crippen molar-refractivity contribution in [3.8, 4) is 0 Å². The molecule has 0 spiro atoms. The standard InChI is InChI=1S/C15H18N2O/c1-10-4-5-11(2)13(8-10)6-7-14-15(9-18)17-12(3)16-14/h4-5,8-9H,6-7H2,1-3H3,(H,16,17). The minimum absolute atomic E-state index is 0.540. The highest BCUT2D eigenvalue weighted by Gasteiger charge is 2.08. The van der Waals surface area contributed by atoms with Crippen molar-refractivity contribution < 1.29 is 4.79 Å². The molecule has 0 fully saturated rings. The van der Waals surface area contributed by atoms with Crippen LogP contribution in [0, 0.1) is 20.8 Å². The van der Waals surface area contributed by atoms with Crippen LogP contribution >= 0.6 is 0 Å². The fourth-order valence-electron chi connectivity index (χ4n) is 2.18. The Kier molecular flexibility index (Phi) is 3.60. The highest BCUT2D eigenvalue weighted by Crippen LogP contribution is 2.14. The summed E-state index contributed by atoms with van der Waals surface area (Å²) in [5.41, 5.74) is 5.37. The summed E-state index contributed by atoms with van der Waals surface area (Å²) in [7, 11) is 0. The van der Waals surface area contributed by atoms with E-state index in [-0.39, 0.29) is 0 Å². The number of nitrogens with one attached hydrogen (secondary N) is 1. The number of aldehydes is 1. The van der Waals surface area contributed by atoms with Crippen molar-refractivity contribution in [3.63, 3.8) is 0 Å². The number of carbonyl (C=O) groups is 1. The van der Waals surface area contributed by atoms with Crippen molar-refractivity contribution >= 4 is 6.29 Å². The zero-order valence-corrected chi connectivity index (χ0v) is 11.1. The number of carbonyl (C=O) groups excluding carboxylic acids is 1. The van der Waals surface area contributed by atoms with E-state index in [4.69, 9.17) is 0 Å². The summed E-state index contributed by atoms with van der Waals surface area (Å²) in [5.74, 6) is 0.799. The molecular formula is C15H18N2O. The van der Waals surface area contributed by atoms with Gasteiger partial charge in [-0.25, -0.2) is 4.98 Å². The van der Waals surface area contributed by atoms with E-state index in [0.29, 0.717) is 5.69 Å². The first-order chi connectivity index (χ1) is 8.60. The molecule has 18 heavy (non-hydrogen) atoms. The van der Waals surface area contributed by atoms with Crippen molar-refractivity contribution in [2.45, 2.75) is 33.6 Å². The largest absolute Gasteiger partial charge is 0.345 e. The lowest BCUT2D eigenvalue weighted by Gasteiger charge is -2.06. The number of H-pyrrole nitrogens is 1. The second-order valence-electron chi connectivity index (χ2n) is 4.73. The predicted molar refractivity (Wildman–Crippen MR) is 72.0 cm³/mol. The summed E-state index contributed by atoms with van der Waals surface area (Å²) in [6.07, 6.45) is 2.57. The Labute approximate surface area is 107 Å². The molecule has 94 valence electrons. The second-order valence-corrected chi connectivity index (χ2v) is 4.73. The van der Waals surface area contributed by atoms with Crippen LogP contribution in [0.5, 0.6) is 0 Å². The van der Waals surface area contributed by atoms with Gasteiger partial charge in [0.25, 0.3) is 0 Å². The maximum absolute atomic E-state index is 10.9. The van der Waals surface area contributed by atoms with Gasteiger partial charge in [-0.2, -0.15) is 0 Å². The molecule has 1 N–H and O–H groups in total. The molecule has 3 nitrogen and oxygen atoms in total. The average molecular weight is 242 g/mol. The number of benzene rings is 1. The first-order valence-corrected chi connectivity index (χ1v) is 6.17.